The lowest BCUT2D eigenvalue weighted by Crippen LogP contribution is -2.39. The van der Waals surface area contributed by atoms with Crippen LogP contribution in [0.4, 0.5) is 4.39 Å². The summed E-state index contributed by atoms with van der Waals surface area (Å²) < 4.78 is 41.1. The minimum absolute atomic E-state index is 0.000226. The van der Waals surface area contributed by atoms with E-state index in [1.165, 1.54) is 23.4 Å². The van der Waals surface area contributed by atoms with Crippen LogP contribution >= 0.6 is 0 Å². The smallest absolute Gasteiger partial charge is 0.243 e. The van der Waals surface area contributed by atoms with Crippen molar-refractivity contribution in [2.75, 3.05) is 6.54 Å². The number of aliphatic hydroxyl groups excluding tert-OH is 1. The van der Waals surface area contributed by atoms with Crippen molar-refractivity contribution in [2.24, 2.45) is 0 Å². The Bertz CT molecular complexity index is 610. The van der Waals surface area contributed by atoms with Gasteiger partial charge in [0.15, 0.2) is 0 Å². The van der Waals surface area contributed by atoms with Crippen LogP contribution < -0.4 is 0 Å². The first-order valence-electron chi connectivity index (χ1n) is 7.33. The summed E-state index contributed by atoms with van der Waals surface area (Å²) in [4.78, 5) is -0.0275. The molecule has 0 heterocycles. The van der Waals surface area contributed by atoms with Gasteiger partial charge in [-0.05, 0) is 37.5 Å². The third-order valence-corrected chi connectivity index (χ3v) is 6.32. The van der Waals surface area contributed by atoms with Gasteiger partial charge in [-0.2, -0.15) is 4.31 Å². The molecule has 1 aliphatic carbocycles. The van der Waals surface area contributed by atoms with Gasteiger partial charge in [0.25, 0.3) is 0 Å². The zero-order valence-electron chi connectivity index (χ0n) is 12.5. The first-order chi connectivity index (χ1) is 9.91. The van der Waals surface area contributed by atoms with Crippen molar-refractivity contribution in [1.82, 2.24) is 4.31 Å². The number of halogens is 1. The van der Waals surface area contributed by atoms with Gasteiger partial charge in [0.05, 0.1) is 11.5 Å². The third-order valence-electron chi connectivity index (χ3n) is 4.17. The molecule has 0 aliphatic heterocycles. The number of sulfonamides is 1. The van der Waals surface area contributed by atoms with Crippen LogP contribution in [0.1, 0.15) is 43.7 Å². The molecule has 1 aliphatic rings. The zero-order chi connectivity index (χ0) is 15.6. The Hall–Kier alpha value is -0.980. The first kappa shape index (κ1) is 16.4. The molecule has 2 rings (SSSR count). The molecule has 1 saturated carbocycles. The van der Waals surface area contributed by atoms with Gasteiger partial charge in [0.1, 0.15) is 5.82 Å². The fourth-order valence-electron chi connectivity index (χ4n) is 3.01. The van der Waals surface area contributed by atoms with E-state index in [2.05, 4.69) is 0 Å². The van der Waals surface area contributed by atoms with E-state index in [1.807, 2.05) is 0 Å². The molecule has 1 aromatic rings. The highest BCUT2D eigenvalue weighted by atomic mass is 32.2. The number of hydrogen-bond acceptors (Lipinski definition) is 3. The molecule has 0 spiro atoms. The quantitative estimate of drug-likeness (QED) is 0.908. The van der Waals surface area contributed by atoms with Gasteiger partial charge in [0.2, 0.25) is 10.0 Å². The van der Waals surface area contributed by atoms with Gasteiger partial charge in [-0.3, -0.25) is 0 Å². The Morgan fingerprint density at radius 1 is 1.33 bits per heavy atom. The van der Waals surface area contributed by atoms with Crippen molar-refractivity contribution in [2.45, 2.75) is 57.1 Å². The van der Waals surface area contributed by atoms with E-state index < -0.39 is 15.8 Å². The number of nitrogens with zero attached hydrogens (tertiary/aromatic N) is 1. The highest BCUT2D eigenvalue weighted by Crippen LogP contribution is 2.30. The topological polar surface area (TPSA) is 57.6 Å². The van der Waals surface area contributed by atoms with Gasteiger partial charge in [0, 0.05) is 18.2 Å². The van der Waals surface area contributed by atoms with Gasteiger partial charge in [-0.25, -0.2) is 12.8 Å². The molecule has 1 fully saturated rings. The monoisotopic (exact) mass is 315 g/mol. The van der Waals surface area contributed by atoms with Crippen LogP contribution in [0, 0.1) is 12.7 Å². The molecule has 0 saturated heterocycles. The van der Waals surface area contributed by atoms with Crippen molar-refractivity contribution < 1.29 is 17.9 Å². The minimum Gasteiger partial charge on any atom is -0.392 e. The molecule has 1 N–H and O–H groups in total. The number of benzene rings is 1. The van der Waals surface area contributed by atoms with E-state index >= 15 is 0 Å². The van der Waals surface area contributed by atoms with E-state index in [4.69, 9.17) is 0 Å². The minimum atomic E-state index is -3.74. The van der Waals surface area contributed by atoms with Crippen LogP contribution in [0.5, 0.6) is 0 Å². The Morgan fingerprint density at radius 2 is 1.95 bits per heavy atom. The van der Waals surface area contributed by atoms with Gasteiger partial charge in [-0.1, -0.05) is 19.8 Å². The van der Waals surface area contributed by atoms with Crippen LogP contribution in [-0.4, -0.2) is 30.4 Å². The lowest BCUT2D eigenvalue weighted by molar-refractivity contribution is 0.280. The molecule has 0 atom stereocenters. The number of aliphatic hydroxyl groups is 1. The Balaban J connectivity index is 2.49. The summed E-state index contributed by atoms with van der Waals surface area (Å²) in [5.41, 5.74) is 0.391. The lowest BCUT2D eigenvalue weighted by Gasteiger charge is -2.27. The third kappa shape index (κ3) is 3.12. The van der Waals surface area contributed by atoms with Crippen LogP contribution in [-0.2, 0) is 16.6 Å². The fourth-order valence-corrected chi connectivity index (χ4v) is 4.99. The molecule has 0 radical (unpaired) electrons. The maximum Gasteiger partial charge on any atom is 0.243 e. The van der Waals surface area contributed by atoms with Crippen LogP contribution in [0.3, 0.4) is 0 Å². The molecular formula is C15H22FNO3S. The second kappa shape index (κ2) is 6.42. The average molecular weight is 315 g/mol. The van der Waals surface area contributed by atoms with E-state index in [1.54, 1.807) is 6.92 Å². The van der Waals surface area contributed by atoms with Crippen molar-refractivity contribution in [3.63, 3.8) is 0 Å². The van der Waals surface area contributed by atoms with Crippen LogP contribution in [0.25, 0.3) is 0 Å². The highest BCUT2D eigenvalue weighted by Gasteiger charge is 2.33. The van der Waals surface area contributed by atoms with Gasteiger partial charge < -0.3 is 5.11 Å². The lowest BCUT2D eigenvalue weighted by atomic mass is 10.1. The highest BCUT2D eigenvalue weighted by molar-refractivity contribution is 7.89. The fraction of sp³-hybridized carbons (Fsp3) is 0.600. The summed E-state index contributed by atoms with van der Waals surface area (Å²) in [6, 6.07) is 2.56. The van der Waals surface area contributed by atoms with Gasteiger partial charge >= 0.3 is 0 Å². The Morgan fingerprint density at radius 3 is 2.48 bits per heavy atom. The van der Waals surface area contributed by atoms with E-state index in [0.717, 1.165) is 25.7 Å². The van der Waals surface area contributed by atoms with E-state index in [-0.39, 0.29) is 28.7 Å². The second-order valence-electron chi connectivity index (χ2n) is 5.51. The molecular weight excluding hydrogens is 293 g/mol. The van der Waals surface area contributed by atoms with Gasteiger partial charge in [-0.15, -0.1) is 0 Å². The second-order valence-corrected chi connectivity index (χ2v) is 7.36. The predicted molar refractivity (Wildman–Crippen MR) is 78.9 cm³/mol. The molecule has 4 nitrogen and oxygen atoms in total. The standard InChI is InChI=1S/C15H22FNO3S/c1-3-17(13-6-4-5-7-13)21(19,20)15-9-12(10-18)8-14(16)11(15)2/h8-9,13,18H,3-7,10H2,1-2H3. The predicted octanol–water partition coefficient (Wildman–Crippen LogP) is 2.58. The maximum absolute atomic E-state index is 13.9. The normalized spacial score (nSPS) is 16.8. The summed E-state index contributed by atoms with van der Waals surface area (Å²) in [6.07, 6.45) is 3.77. The summed E-state index contributed by atoms with van der Waals surface area (Å²) in [5.74, 6) is -0.595. The van der Waals surface area contributed by atoms with Crippen molar-refractivity contribution >= 4 is 10.0 Å². The molecule has 1 aromatic carbocycles. The average Bonchev–Trinajstić information content (AvgIpc) is 2.95. The molecule has 0 amide bonds. The first-order valence-corrected chi connectivity index (χ1v) is 8.77. The van der Waals surface area contributed by atoms with Crippen LogP contribution in [0.15, 0.2) is 17.0 Å². The molecule has 0 unspecified atom stereocenters. The van der Waals surface area contributed by atoms with E-state index in [0.29, 0.717) is 6.54 Å². The van der Waals surface area contributed by atoms with Crippen molar-refractivity contribution in [3.8, 4) is 0 Å². The molecule has 6 heteroatoms. The molecule has 0 aromatic heterocycles. The summed E-state index contributed by atoms with van der Waals surface area (Å²) in [5, 5.41) is 9.18. The zero-order valence-corrected chi connectivity index (χ0v) is 13.3. The molecule has 21 heavy (non-hydrogen) atoms. The summed E-state index contributed by atoms with van der Waals surface area (Å²) in [7, 11) is -3.74. The van der Waals surface area contributed by atoms with E-state index in [9.17, 15) is 17.9 Å². The summed E-state index contributed by atoms with van der Waals surface area (Å²) in [6.45, 7) is 3.26. The summed E-state index contributed by atoms with van der Waals surface area (Å²) >= 11 is 0. The Labute approximate surface area is 125 Å². The number of rotatable bonds is 5. The largest absolute Gasteiger partial charge is 0.392 e. The SMILES string of the molecule is CCN(C1CCCC1)S(=O)(=O)c1cc(CO)cc(F)c1C. The number of hydrogen-bond donors (Lipinski definition) is 1. The molecule has 0 bridgehead atoms. The van der Waals surface area contributed by atoms with Crippen molar-refractivity contribution in [1.29, 1.82) is 0 Å². The maximum atomic E-state index is 13.9. The Kier molecular flexibility index (Phi) is 5.01. The van der Waals surface area contributed by atoms with Crippen molar-refractivity contribution in [3.05, 3.63) is 29.1 Å². The molecule has 118 valence electrons. The van der Waals surface area contributed by atoms with Crippen LogP contribution in [0.2, 0.25) is 0 Å².